The van der Waals surface area contributed by atoms with Crippen LogP contribution >= 0.6 is 0 Å². The monoisotopic (exact) mass is 282 g/mol. The highest BCUT2D eigenvalue weighted by Gasteiger charge is 2.42. The Bertz CT molecular complexity index is 297. The van der Waals surface area contributed by atoms with Crippen LogP contribution in [0.5, 0.6) is 0 Å². The highest BCUT2D eigenvalue weighted by Crippen LogP contribution is 2.32. The summed E-state index contributed by atoms with van der Waals surface area (Å²) in [6, 6.07) is 0. The number of rotatable bonds is 6. The third kappa shape index (κ3) is 3.37. The molecule has 0 aromatic carbocycles. The fraction of sp³-hybridized carbons (Fsp3) is 1.00. The molecule has 20 heavy (non-hydrogen) atoms. The lowest BCUT2D eigenvalue weighted by Gasteiger charge is -2.53. The molecule has 0 aromatic rings. The molecule has 2 fully saturated rings. The first-order chi connectivity index (χ1) is 9.57. The predicted molar refractivity (Wildman–Crippen MR) is 85.2 cm³/mol. The topological polar surface area (TPSA) is 24.5 Å². The van der Waals surface area contributed by atoms with E-state index in [0.717, 1.165) is 13.2 Å². The van der Waals surface area contributed by atoms with Crippen molar-refractivity contribution >= 4 is 0 Å². The lowest BCUT2D eigenvalue weighted by Crippen LogP contribution is -2.68. The van der Waals surface area contributed by atoms with Crippen LogP contribution in [-0.2, 0) is 4.74 Å². The van der Waals surface area contributed by atoms with E-state index < -0.39 is 0 Å². The van der Waals surface area contributed by atoms with Gasteiger partial charge in [0, 0.05) is 37.3 Å². The zero-order valence-electron chi connectivity index (χ0n) is 14.0. The maximum absolute atomic E-state index is 5.82. The third-order valence-corrected chi connectivity index (χ3v) is 5.90. The second kappa shape index (κ2) is 6.76. The molecule has 1 N–H and O–H groups in total. The summed E-state index contributed by atoms with van der Waals surface area (Å²) in [6.45, 7) is 13.9. The van der Waals surface area contributed by atoms with Crippen molar-refractivity contribution in [3.8, 4) is 0 Å². The number of ether oxygens (including phenoxy) is 1. The molecule has 3 heteroatoms. The minimum Gasteiger partial charge on any atom is -0.378 e. The van der Waals surface area contributed by atoms with Gasteiger partial charge in [-0.15, -0.1) is 0 Å². The van der Waals surface area contributed by atoms with Gasteiger partial charge >= 0.3 is 0 Å². The molecule has 2 heterocycles. The number of hydrogen-bond acceptors (Lipinski definition) is 3. The molecular formula is C17H34N2O. The Morgan fingerprint density at radius 2 is 1.95 bits per heavy atom. The molecule has 0 amide bonds. The van der Waals surface area contributed by atoms with E-state index in [1.165, 1.54) is 51.6 Å². The minimum absolute atomic E-state index is 0.282. The lowest BCUT2D eigenvalue weighted by atomic mass is 9.82. The van der Waals surface area contributed by atoms with Crippen molar-refractivity contribution < 1.29 is 4.74 Å². The summed E-state index contributed by atoms with van der Waals surface area (Å²) in [7, 11) is 0. The second-order valence-electron chi connectivity index (χ2n) is 7.04. The number of nitrogens with one attached hydrogen (secondary N) is 1. The van der Waals surface area contributed by atoms with E-state index in [1.807, 2.05) is 0 Å². The number of nitrogens with zero attached hydrogens (tertiary/aromatic N) is 1. The predicted octanol–water partition coefficient (Wildman–Crippen LogP) is 3.19. The summed E-state index contributed by atoms with van der Waals surface area (Å²) in [5, 5.41) is 3.82. The molecule has 2 rings (SSSR count). The quantitative estimate of drug-likeness (QED) is 0.810. The molecule has 2 aliphatic rings. The first-order valence-corrected chi connectivity index (χ1v) is 8.69. The largest absolute Gasteiger partial charge is 0.378 e. The lowest BCUT2D eigenvalue weighted by molar-refractivity contribution is -0.00946. The van der Waals surface area contributed by atoms with Gasteiger partial charge < -0.3 is 10.1 Å². The van der Waals surface area contributed by atoms with Crippen molar-refractivity contribution in [3.63, 3.8) is 0 Å². The van der Waals surface area contributed by atoms with E-state index in [1.54, 1.807) is 0 Å². The Kier molecular flexibility index (Phi) is 5.49. The van der Waals surface area contributed by atoms with Crippen LogP contribution in [0.1, 0.15) is 66.2 Å². The Morgan fingerprint density at radius 3 is 2.50 bits per heavy atom. The van der Waals surface area contributed by atoms with Crippen molar-refractivity contribution in [2.75, 3.05) is 26.2 Å². The van der Waals surface area contributed by atoms with Gasteiger partial charge in [-0.2, -0.15) is 0 Å². The average molecular weight is 282 g/mol. The zero-order chi connectivity index (χ0) is 14.6. The first kappa shape index (κ1) is 16.3. The van der Waals surface area contributed by atoms with E-state index >= 15 is 0 Å². The maximum Gasteiger partial charge on any atom is 0.0588 e. The summed E-state index contributed by atoms with van der Waals surface area (Å²) in [5.41, 5.74) is 0.637. The van der Waals surface area contributed by atoms with E-state index in [-0.39, 0.29) is 5.54 Å². The van der Waals surface area contributed by atoms with Gasteiger partial charge in [0.05, 0.1) is 6.10 Å². The molecule has 2 unspecified atom stereocenters. The zero-order valence-corrected chi connectivity index (χ0v) is 14.0. The number of piperazine rings is 1. The average Bonchev–Trinajstić information content (AvgIpc) is 2.99. The summed E-state index contributed by atoms with van der Waals surface area (Å²) >= 11 is 0. The van der Waals surface area contributed by atoms with E-state index in [0.29, 0.717) is 11.6 Å². The van der Waals surface area contributed by atoms with Gasteiger partial charge in [0.15, 0.2) is 0 Å². The maximum atomic E-state index is 5.82. The van der Waals surface area contributed by atoms with Crippen LogP contribution in [0, 0.1) is 0 Å². The molecule has 0 radical (unpaired) electrons. The molecule has 118 valence electrons. The van der Waals surface area contributed by atoms with Gasteiger partial charge in [0.1, 0.15) is 0 Å². The van der Waals surface area contributed by atoms with Crippen molar-refractivity contribution in [1.82, 2.24) is 10.2 Å². The fourth-order valence-corrected chi connectivity index (χ4v) is 3.81. The van der Waals surface area contributed by atoms with Crippen LogP contribution < -0.4 is 5.32 Å². The Labute approximate surface area is 125 Å². The molecule has 2 saturated heterocycles. The van der Waals surface area contributed by atoms with E-state index in [4.69, 9.17) is 4.74 Å². The van der Waals surface area contributed by atoms with Crippen LogP contribution in [-0.4, -0.2) is 48.3 Å². The van der Waals surface area contributed by atoms with Gasteiger partial charge in [-0.1, -0.05) is 20.8 Å². The van der Waals surface area contributed by atoms with Crippen molar-refractivity contribution in [1.29, 1.82) is 0 Å². The molecule has 2 aliphatic heterocycles. The van der Waals surface area contributed by atoms with Gasteiger partial charge in [0.25, 0.3) is 0 Å². The molecule has 0 spiro atoms. The first-order valence-electron chi connectivity index (χ1n) is 8.69. The van der Waals surface area contributed by atoms with Crippen LogP contribution in [0.15, 0.2) is 0 Å². The molecule has 2 atom stereocenters. The molecule has 3 nitrogen and oxygen atoms in total. The Morgan fingerprint density at radius 1 is 1.20 bits per heavy atom. The van der Waals surface area contributed by atoms with Gasteiger partial charge in [0.2, 0.25) is 0 Å². The molecule has 0 aliphatic carbocycles. The fourth-order valence-electron chi connectivity index (χ4n) is 3.81. The third-order valence-electron chi connectivity index (χ3n) is 5.90. The van der Waals surface area contributed by atoms with Crippen LogP contribution in [0.25, 0.3) is 0 Å². The van der Waals surface area contributed by atoms with Crippen LogP contribution in [0.4, 0.5) is 0 Å². The second-order valence-corrected chi connectivity index (χ2v) is 7.04. The molecule has 0 saturated carbocycles. The summed E-state index contributed by atoms with van der Waals surface area (Å²) < 4.78 is 5.82. The minimum atomic E-state index is 0.282. The highest BCUT2D eigenvalue weighted by molar-refractivity contribution is 5.02. The van der Waals surface area contributed by atoms with Crippen molar-refractivity contribution in [2.45, 2.75) is 83.4 Å². The van der Waals surface area contributed by atoms with Gasteiger partial charge in [-0.05, 0) is 45.4 Å². The molecular weight excluding hydrogens is 248 g/mol. The summed E-state index contributed by atoms with van der Waals surface area (Å²) in [4.78, 5) is 2.77. The Hall–Kier alpha value is -0.120. The number of hydrogen-bond donors (Lipinski definition) is 1. The van der Waals surface area contributed by atoms with Crippen LogP contribution in [0.2, 0.25) is 0 Å². The summed E-state index contributed by atoms with van der Waals surface area (Å²) in [5.74, 6) is 0. The molecule has 0 aromatic heterocycles. The summed E-state index contributed by atoms with van der Waals surface area (Å²) in [6.07, 6.45) is 7.93. The van der Waals surface area contributed by atoms with E-state index in [2.05, 4.69) is 37.9 Å². The van der Waals surface area contributed by atoms with E-state index in [9.17, 15) is 0 Å². The normalized spacial score (nSPS) is 34.5. The van der Waals surface area contributed by atoms with Crippen molar-refractivity contribution in [2.24, 2.45) is 0 Å². The van der Waals surface area contributed by atoms with Gasteiger partial charge in [-0.3, -0.25) is 4.90 Å². The highest BCUT2D eigenvalue weighted by atomic mass is 16.5. The van der Waals surface area contributed by atoms with Crippen LogP contribution in [0.3, 0.4) is 0 Å². The Balaban J connectivity index is 2.01. The smallest absolute Gasteiger partial charge is 0.0588 e. The standard InChI is InChI=1S/C17H34N2O/c1-5-16(4)14-19(11-10-15-9-8-12-20-15)17(6-2,7-3)13-18-16/h15,18H,5-14H2,1-4H3. The van der Waals surface area contributed by atoms with Crippen molar-refractivity contribution in [3.05, 3.63) is 0 Å². The van der Waals surface area contributed by atoms with Gasteiger partial charge in [-0.25, -0.2) is 0 Å². The SMILES string of the molecule is CCC1(C)CN(CCC2CCCO2)C(CC)(CC)CN1. The molecule has 0 bridgehead atoms.